The number of hydrogen-bond acceptors (Lipinski definition) is 2. The quantitative estimate of drug-likeness (QED) is 0.716. The first-order valence-corrected chi connectivity index (χ1v) is 8.63. The summed E-state index contributed by atoms with van der Waals surface area (Å²) in [6.07, 6.45) is 1.01. The zero-order valence-corrected chi connectivity index (χ0v) is 14.4. The zero-order valence-electron chi connectivity index (χ0n) is 11.3. The number of halogens is 2. The highest BCUT2D eigenvalue weighted by molar-refractivity contribution is 9.10. The van der Waals surface area contributed by atoms with Gasteiger partial charge in [-0.1, -0.05) is 51.8 Å². The molecule has 1 atom stereocenters. The second-order valence-corrected chi connectivity index (χ2v) is 6.93. The Labute approximate surface area is 138 Å². The van der Waals surface area contributed by atoms with E-state index in [1.807, 2.05) is 43.1 Å². The zero-order chi connectivity index (χ0) is 14.4. The van der Waals surface area contributed by atoms with Gasteiger partial charge in [0.2, 0.25) is 0 Å². The van der Waals surface area contributed by atoms with E-state index >= 15 is 0 Å². The molecular formula is C16H17BrClNS. The Morgan fingerprint density at radius 2 is 2.00 bits per heavy atom. The highest BCUT2D eigenvalue weighted by Crippen LogP contribution is 2.24. The van der Waals surface area contributed by atoms with Crippen molar-refractivity contribution in [3.8, 4) is 0 Å². The van der Waals surface area contributed by atoms with Crippen molar-refractivity contribution in [3.63, 3.8) is 0 Å². The Morgan fingerprint density at radius 3 is 2.70 bits per heavy atom. The highest BCUT2D eigenvalue weighted by Gasteiger charge is 2.10. The van der Waals surface area contributed by atoms with Crippen LogP contribution < -0.4 is 5.32 Å². The van der Waals surface area contributed by atoms with Gasteiger partial charge in [-0.25, -0.2) is 0 Å². The van der Waals surface area contributed by atoms with Crippen LogP contribution in [0.1, 0.15) is 5.56 Å². The molecule has 1 unspecified atom stereocenters. The molecule has 2 aromatic carbocycles. The third kappa shape index (κ3) is 4.81. The summed E-state index contributed by atoms with van der Waals surface area (Å²) in [7, 11) is 2.01. The fourth-order valence-electron chi connectivity index (χ4n) is 1.93. The van der Waals surface area contributed by atoms with Crippen molar-refractivity contribution in [1.82, 2.24) is 5.32 Å². The number of rotatable bonds is 6. The highest BCUT2D eigenvalue weighted by atomic mass is 79.9. The van der Waals surface area contributed by atoms with Gasteiger partial charge in [-0.2, -0.15) is 0 Å². The maximum absolute atomic E-state index is 6.01. The van der Waals surface area contributed by atoms with Gasteiger partial charge in [0.1, 0.15) is 0 Å². The minimum Gasteiger partial charge on any atom is -0.316 e. The summed E-state index contributed by atoms with van der Waals surface area (Å²) in [6, 6.07) is 16.8. The standard InChI is InChI=1S/C16H17BrClNS/c1-19-14(9-12-5-2-3-8-16(12)17)11-20-15-7-4-6-13(18)10-15/h2-8,10,14,19H,9,11H2,1H3. The summed E-state index contributed by atoms with van der Waals surface area (Å²) >= 11 is 11.4. The van der Waals surface area contributed by atoms with Crippen LogP contribution in [0.2, 0.25) is 5.02 Å². The Bertz CT molecular complexity index is 562. The normalized spacial score (nSPS) is 12.3. The first-order valence-electron chi connectivity index (χ1n) is 6.48. The lowest BCUT2D eigenvalue weighted by Crippen LogP contribution is -2.30. The molecular weight excluding hydrogens is 354 g/mol. The van der Waals surface area contributed by atoms with E-state index in [9.17, 15) is 0 Å². The fraction of sp³-hybridized carbons (Fsp3) is 0.250. The lowest BCUT2D eigenvalue weighted by atomic mass is 10.1. The third-order valence-corrected chi connectivity index (χ3v) is 5.24. The average Bonchev–Trinajstić information content (AvgIpc) is 2.45. The molecule has 2 rings (SSSR count). The van der Waals surface area contributed by atoms with Crippen molar-refractivity contribution in [2.45, 2.75) is 17.4 Å². The molecule has 0 aliphatic rings. The summed E-state index contributed by atoms with van der Waals surface area (Å²) in [6.45, 7) is 0. The summed E-state index contributed by atoms with van der Waals surface area (Å²) in [5, 5.41) is 4.18. The minimum atomic E-state index is 0.428. The molecule has 2 aromatic rings. The molecule has 0 aliphatic carbocycles. The topological polar surface area (TPSA) is 12.0 Å². The van der Waals surface area contributed by atoms with Crippen molar-refractivity contribution in [3.05, 3.63) is 63.6 Å². The molecule has 4 heteroatoms. The van der Waals surface area contributed by atoms with Crippen molar-refractivity contribution in [2.24, 2.45) is 0 Å². The fourth-order valence-corrected chi connectivity index (χ4v) is 3.69. The van der Waals surface area contributed by atoms with Crippen molar-refractivity contribution < 1.29 is 0 Å². The van der Waals surface area contributed by atoms with E-state index in [4.69, 9.17) is 11.6 Å². The number of benzene rings is 2. The van der Waals surface area contributed by atoms with Crippen LogP contribution >= 0.6 is 39.3 Å². The van der Waals surface area contributed by atoms with E-state index in [0.717, 1.165) is 17.2 Å². The summed E-state index contributed by atoms with van der Waals surface area (Å²) in [5.41, 5.74) is 1.33. The molecule has 0 fully saturated rings. The van der Waals surface area contributed by atoms with Crippen LogP contribution in [0.25, 0.3) is 0 Å². The molecule has 0 saturated heterocycles. The molecule has 0 saturated carbocycles. The molecule has 0 amide bonds. The number of hydrogen-bond donors (Lipinski definition) is 1. The van der Waals surface area contributed by atoms with Gasteiger partial charge in [-0.05, 0) is 43.3 Å². The molecule has 1 N–H and O–H groups in total. The van der Waals surface area contributed by atoms with Gasteiger partial charge in [0.05, 0.1) is 0 Å². The molecule has 0 bridgehead atoms. The molecule has 0 spiro atoms. The van der Waals surface area contributed by atoms with Crippen LogP contribution in [0.15, 0.2) is 57.9 Å². The summed E-state index contributed by atoms with van der Waals surface area (Å²) < 4.78 is 1.17. The first-order chi connectivity index (χ1) is 9.69. The average molecular weight is 371 g/mol. The molecule has 20 heavy (non-hydrogen) atoms. The van der Waals surface area contributed by atoms with Crippen molar-refractivity contribution in [1.29, 1.82) is 0 Å². The van der Waals surface area contributed by atoms with Crippen LogP contribution in [0.5, 0.6) is 0 Å². The second-order valence-electron chi connectivity index (χ2n) is 4.55. The SMILES string of the molecule is CNC(CSc1cccc(Cl)c1)Cc1ccccc1Br. The van der Waals surface area contributed by atoms with Gasteiger partial charge >= 0.3 is 0 Å². The number of thioether (sulfide) groups is 1. The van der Waals surface area contributed by atoms with Gasteiger partial charge in [-0.15, -0.1) is 11.8 Å². The van der Waals surface area contributed by atoms with E-state index in [0.29, 0.717) is 6.04 Å². The van der Waals surface area contributed by atoms with Crippen molar-refractivity contribution >= 4 is 39.3 Å². The Hall–Kier alpha value is -0.480. The monoisotopic (exact) mass is 369 g/mol. The summed E-state index contributed by atoms with van der Waals surface area (Å²) in [5.74, 6) is 1.01. The molecule has 0 aromatic heterocycles. The van der Waals surface area contributed by atoms with Crippen LogP contribution in [0.4, 0.5) is 0 Å². The largest absolute Gasteiger partial charge is 0.316 e. The second kappa shape index (κ2) is 8.08. The third-order valence-electron chi connectivity index (χ3n) is 3.08. The van der Waals surface area contributed by atoms with Gasteiger partial charge in [0, 0.05) is 26.2 Å². The summed E-state index contributed by atoms with van der Waals surface area (Å²) in [4.78, 5) is 1.21. The first kappa shape index (κ1) is 15.9. The van der Waals surface area contributed by atoms with E-state index < -0.39 is 0 Å². The van der Waals surface area contributed by atoms with Crippen LogP contribution in [0.3, 0.4) is 0 Å². The van der Waals surface area contributed by atoms with Gasteiger partial charge in [-0.3, -0.25) is 0 Å². The van der Waals surface area contributed by atoms with Crippen LogP contribution in [-0.2, 0) is 6.42 Å². The Kier molecular flexibility index (Phi) is 6.43. The molecule has 106 valence electrons. The maximum atomic E-state index is 6.01. The van der Waals surface area contributed by atoms with Gasteiger partial charge in [0.15, 0.2) is 0 Å². The number of nitrogens with one attached hydrogen (secondary N) is 1. The Morgan fingerprint density at radius 1 is 1.20 bits per heavy atom. The number of likely N-dealkylation sites (N-methyl/N-ethyl adjacent to an activating group) is 1. The maximum Gasteiger partial charge on any atom is 0.0417 e. The molecule has 0 aliphatic heterocycles. The lowest BCUT2D eigenvalue weighted by molar-refractivity contribution is 0.616. The van der Waals surface area contributed by atoms with Gasteiger partial charge < -0.3 is 5.32 Å². The molecule has 0 heterocycles. The molecule has 0 radical (unpaired) electrons. The Balaban J connectivity index is 1.94. The minimum absolute atomic E-state index is 0.428. The van der Waals surface area contributed by atoms with E-state index in [1.165, 1.54) is 14.9 Å². The molecule has 1 nitrogen and oxygen atoms in total. The van der Waals surface area contributed by atoms with E-state index in [-0.39, 0.29) is 0 Å². The predicted molar refractivity (Wildman–Crippen MR) is 92.9 cm³/mol. The lowest BCUT2D eigenvalue weighted by Gasteiger charge is -2.16. The van der Waals surface area contributed by atoms with E-state index in [1.54, 1.807) is 0 Å². The van der Waals surface area contributed by atoms with Crippen LogP contribution in [0, 0.1) is 0 Å². The van der Waals surface area contributed by atoms with Crippen LogP contribution in [-0.4, -0.2) is 18.8 Å². The smallest absolute Gasteiger partial charge is 0.0417 e. The predicted octanol–water partition coefficient (Wildman–Crippen LogP) is 5.03. The van der Waals surface area contributed by atoms with Crippen molar-refractivity contribution in [2.75, 3.05) is 12.8 Å². The van der Waals surface area contributed by atoms with Gasteiger partial charge in [0.25, 0.3) is 0 Å². The van der Waals surface area contributed by atoms with E-state index in [2.05, 4.69) is 45.5 Å².